The van der Waals surface area contributed by atoms with Crippen LogP contribution in [0.3, 0.4) is 0 Å². The van der Waals surface area contributed by atoms with E-state index in [-0.39, 0.29) is 23.9 Å². The number of nitrogens with one attached hydrogen (secondary N) is 1. The molecule has 0 aliphatic heterocycles. The van der Waals surface area contributed by atoms with Crippen LogP contribution in [0.2, 0.25) is 0 Å². The van der Waals surface area contributed by atoms with Gasteiger partial charge in [0.25, 0.3) is 12.3 Å². The van der Waals surface area contributed by atoms with Crippen LogP contribution in [0.1, 0.15) is 73.0 Å². The van der Waals surface area contributed by atoms with Crippen molar-refractivity contribution in [3.05, 3.63) is 70.7 Å². The molecule has 0 aliphatic rings. The highest BCUT2D eigenvalue weighted by Crippen LogP contribution is 2.35. The second kappa shape index (κ2) is 10.3. The number of alkyl halides is 2. The highest BCUT2D eigenvalue weighted by Gasteiger charge is 2.30. The van der Waals surface area contributed by atoms with E-state index in [0.717, 1.165) is 17.5 Å². The minimum atomic E-state index is -2.82. The van der Waals surface area contributed by atoms with Crippen LogP contribution in [-0.2, 0) is 12.0 Å². The Kier molecular flexibility index (Phi) is 7.66. The maximum absolute atomic E-state index is 13.4. The maximum Gasteiger partial charge on any atom is 0.284 e. The molecule has 182 valence electrons. The third-order valence-corrected chi connectivity index (χ3v) is 5.41. The summed E-state index contributed by atoms with van der Waals surface area (Å²) >= 11 is 0. The summed E-state index contributed by atoms with van der Waals surface area (Å²) in [4.78, 5) is 16.9. The van der Waals surface area contributed by atoms with Gasteiger partial charge in [-0.3, -0.25) is 9.78 Å². The Morgan fingerprint density at radius 1 is 1.21 bits per heavy atom. The predicted molar refractivity (Wildman–Crippen MR) is 124 cm³/mol. The zero-order valence-electron chi connectivity index (χ0n) is 20.0. The molecule has 0 bridgehead atoms. The molecule has 1 amide bonds. The summed E-state index contributed by atoms with van der Waals surface area (Å²) in [5, 5.41) is 17.2. The average Bonchev–Trinajstić information content (AvgIpc) is 3.14. The summed E-state index contributed by atoms with van der Waals surface area (Å²) in [6.45, 7) is 8.96. The van der Waals surface area contributed by atoms with Gasteiger partial charge in [-0.05, 0) is 57.4 Å². The summed E-state index contributed by atoms with van der Waals surface area (Å²) in [5.74, 6) is -0.452. The van der Waals surface area contributed by atoms with Gasteiger partial charge in [-0.15, -0.1) is 0 Å². The Morgan fingerprint density at radius 2 is 1.88 bits per heavy atom. The molecule has 2 N–H and O–H groups in total. The number of hydrogen-bond donors (Lipinski definition) is 2. The highest BCUT2D eigenvalue weighted by molar-refractivity contribution is 5.94. The first-order valence-corrected chi connectivity index (χ1v) is 11.1. The Bertz CT molecular complexity index is 1140. The SMILES string of the molecule is CCc1ccc(C(CO)NC(=O)c2nn(C(C)(C)C)c(Oc3cccnc3C(F)F)c2C)cc1. The number of carbonyl (C=O) groups excluding carboxylic acids is 1. The number of aryl methyl sites for hydroxylation is 1. The molecular formula is C25H30F2N4O3. The van der Waals surface area contributed by atoms with Gasteiger partial charge >= 0.3 is 0 Å². The first-order chi connectivity index (χ1) is 16.1. The number of benzene rings is 1. The Labute approximate surface area is 197 Å². The number of aliphatic hydroxyl groups is 1. The third kappa shape index (κ3) is 5.41. The van der Waals surface area contributed by atoms with Crippen LogP contribution in [0.4, 0.5) is 8.78 Å². The number of amides is 1. The molecular weight excluding hydrogens is 442 g/mol. The lowest BCUT2D eigenvalue weighted by Crippen LogP contribution is -2.32. The normalized spacial score (nSPS) is 12.6. The van der Waals surface area contributed by atoms with Gasteiger partial charge in [0, 0.05) is 11.8 Å². The predicted octanol–water partition coefficient (Wildman–Crippen LogP) is 5.10. The molecule has 2 aromatic heterocycles. The second-order valence-electron chi connectivity index (χ2n) is 8.95. The summed E-state index contributed by atoms with van der Waals surface area (Å²) in [6.07, 6.45) is -0.675. The number of nitrogens with zero attached hydrogens (tertiary/aromatic N) is 3. The first-order valence-electron chi connectivity index (χ1n) is 11.1. The zero-order chi connectivity index (χ0) is 25.0. The smallest absolute Gasteiger partial charge is 0.284 e. The molecule has 3 rings (SSSR count). The quantitative estimate of drug-likeness (QED) is 0.476. The van der Waals surface area contributed by atoms with Crippen molar-refractivity contribution < 1.29 is 23.4 Å². The summed E-state index contributed by atoms with van der Waals surface area (Å²) in [6, 6.07) is 9.89. The number of carbonyl (C=O) groups is 1. The first kappa shape index (κ1) is 25.3. The largest absolute Gasteiger partial charge is 0.437 e. The van der Waals surface area contributed by atoms with E-state index in [9.17, 15) is 18.7 Å². The fourth-order valence-electron chi connectivity index (χ4n) is 3.47. The molecule has 0 fully saturated rings. The number of pyridine rings is 1. The molecule has 2 heterocycles. The summed E-state index contributed by atoms with van der Waals surface area (Å²) in [5.41, 5.74) is 1.26. The van der Waals surface area contributed by atoms with Crippen LogP contribution in [0.5, 0.6) is 11.6 Å². The number of hydrogen-bond acceptors (Lipinski definition) is 5. The Hall–Kier alpha value is -3.33. The van der Waals surface area contributed by atoms with Gasteiger partial charge in [0.05, 0.1) is 18.2 Å². The van der Waals surface area contributed by atoms with Crippen LogP contribution in [0.15, 0.2) is 42.6 Å². The van der Waals surface area contributed by atoms with Crippen molar-refractivity contribution in [3.63, 3.8) is 0 Å². The van der Waals surface area contributed by atoms with Gasteiger partial charge in [-0.25, -0.2) is 13.5 Å². The van der Waals surface area contributed by atoms with Crippen LogP contribution in [-0.4, -0.2) is 32.4 Å². The van der Waals surface area contributed by atoms with Gasteiger partial charge < -0.3 is 15.2 Å². The molecule has 0 saturated carbocycles. The number of rotatable bonds is 8. The minimum Gasteiger partial charge on any atom is -0.437 e. The molecule has 0 aliphatic carbocycles. The van der Waals surface area contributed by atoms with Gasteiger partial charge in [-0.2, -0.15) is 5.10 Å². The number of aliphatic hydroxyl groups excluding tert-OH is 1. The lowest BCUT2D eigenvalue weighted by molar-refractivity contribution is 0.0909. The van der Waals surface area contributed by atoms with Crippen molar-refractivity contribution in [2.24, 2.45) is 0 Å². The van der Waals surface area contributed by atoms with Crippen molar-refractivity contribution in [1.82, 2.24) is 20.1 Å². The van der Waals surface area contributed by atoms with Crippen molar-refractivity contribution >= 4 is 5.91 Å². The number of aromatic nitrogens is 3. The molecule has 9 heteroatoms. The van der Waals surface area contributed by atoms with E-state index in [0.29, 0.717) is 5.56 Å². The van der Waals surface area contributed by atoms with Crippen LogP contribution in [0, 0.1) is 6.92 Å². The van der Waals surface area contributed by atoms with E-state index in [1.54, 1.807) is 6.92 Å². The van der Waals surface area contributed by atoms with Gasteiger partial charge in [0.1, 0.15) is 5.69 Å². The Balaban J connectivity index is 1.96. The van der Waals surface area contributed by atoms with E-state index in [2.05, 4.69) is 15.4 Å². The molecule has 1 aromatic carbocycles. The van der Waals surface area contributed by atoms with Crippen LogP contribution < -0.4 is 10.1 Å². The fraction of sp³-hybridized carbons (Fsp3) is 0.400. The summed E-state index contributed by atoms with van der Waals surface area (Å²) < 4.78 is 34.2. The molecule has 3 aromatic rings. The van der Waals surface area contributed by atoms with Gasteiger partial charge in [-0.1, -0.05) is 31.2 Å². The molecule has 7 nitrogen and oxygen atoms in total. The van der Waals surface area contributed by atoms with E-state index in [4.69, 9.17) is 4.74 Å². The van der Waals surface area contributed by atoms with E-state index < -0.39 is 29.6 Å². The second-order valence-corrected chi connectivity index (χ2v) is 8.95. The van der Waals surface area contributed by atoms with Gasteiger partial charge in [0.2, 0.25) is 5.88 Å². The molecule has 34 heavy (non-hydrogen) atoms. The Morgan fingerprint density at radius 3 is 2.44 bits per heavy atom. The topological polar surface area (TPSA) is 89.3 Å². The van der Waals surface area contributed by atoms with E-state index >= 15 is 0 Å². The molecule has 1 unspecified atom stereocenters. The van der Waals surface area contributed by atoms with Crippen molar-refractivity contribution in [3.8, 4) is 11.6 Å². The van der Waals surface area contributed by atoms with E-state index in [1.807, 2.05) is 52.0 Å². The highest BCUT2D eigenvalue weighted by atomic mass is 19.3. The van der Waals surface area contributed by atoms with Crippen molar-refractivity contribution in [2.45, 2.75) is 59.0 Å². The van der Waals surface area contributed by atoms with Gasteiger partial charge in [0.15, 0.2) is 11.4 Å². The minimum absolute atomic E-state index is 0.0797. The monoisotopic (exact) mass is 472 g/mol. The lowest BCUT2D eigenvalue weighted by atomic mass is 10.0. The van der Waals surface area contributed by atoms with Crippen LogP contribution in [0.25, 0.3) is 0 Å². The lowest BCUT2D eigenvalue weighted by Gasteiger charge is -2.22. The van der Waals surface area contributed by atoms with Crippen molar-refractivity contribution in [2.75, 3.05) is 6.61 Å². The maximum atomic E-state index is 13.4. The number of halogens is 2. The summed E-state index contributed by atoms with van der Waals surface area (Å²) in [7, 11) is 0. The molecule has 0 saturated heterocycles. The number of ether oxygens (including phenoxy) is 1. The van der Waals surface area contributed by atoms with E-state index in [1.165, 1.54) is 23.0 Å². The average molecular weight is 473 g/mol. The molecule has 0 spiro atoms. The van der Waals surface area contributed by atoms with Crippen molar-refractivity contribution in [1.29, 1.82) is 0 Å². The third-order valence-electron chi connectivity index (χ3n) is 5.41. The van der Waals surface area contributed by atoms with Crippen LogP contribution >= 0.6 is 0 Å². The molecule has 0 radical (unpaired) electrons. The fourth-order valence-corrected chi connectivity index (χ4v) is 3.47. The standard InChI is InChI=1S/C25H30F2N4O3/c1-6-16-9-11-17(12-10-16)18(14-32)29-23(33)20-15(2)24(31(30-20)25(3,4)5)34-19-8-7-13-28-21(19)22(26)27/h7-13,18,22,32H,6,14H2,1-5H3,(H,29,33). The zero-order valence-corrected chi connectivity index (χ0v) is 20.0. The molecule has 1 atom stereocenters.